The van der Waals surface area contributed by atoms with Crippen molar-refractivity contribution < 1.29 is 9.59 Å². The summed E-state index contributed by atoms with van der Waals surface area (Å²) < 4.78 is 1.70. The van der Waals surface area contributed by atoms with E-state index in [1.165, 1.54) is 0 Å². The number of hydrogen-bond acceptors (Lipinski definition) is 3. The van der Waals surface area contributed by atoms with Crippen LogP contribution in [0.25, 0.3) is 5.52 Å². The standard InChI is InChI=1S/C19H28N4O2/c1-5-6-12-22(4)19(25)17-21-16(15-9-7-8-13-23(15)17)18(24)20-11-10-14(2)3/h7-9,13-14H,5-6,10-12H2,1-4H3,(H,20,24). The van der Waals surface area contributed by atoms with Crippen LogP contribution in [0, 0.1) is 5.92 Å². The Balaban J connectivity index is 2.27. The molecule has 0 aliphatic heterocycles. The summed E-state index contributed by atoms with van der Waals surface area (Å²) in [7, 11) is 1.77. The first-order chi connectivity index (χ1) is 12.0. The highest BCUT2D eigenvalue weighted by molar-refractivity contribution is 6.02. The van der Waals surface area contributed by atoms with Gasteiger partial charge in [0, 0.05) is 26.3 Å². The number of fused-ring (bicyclic) bond motifs is 1. The number of carbonyl (C=O) groups excluding carboxylic acids is 2. The number of amides is 2. The Bertz CT molecular complexity index is 736. The van der Waals surface area contributed by atoms with Crippen LogP contribution in [0.5, 0.6) is 0 Å². The summed E-state index contributed by atoms with van der Waals surface area (Å²) in [6.45, 7) is 7.58. The van der Waals surface area contributed by atoms with Crippen LogP contribution in [-0.4, -0.2) is 46.2 Å². The summed E-state index contributed by atoms with van der Waals surface area (Å²) in [5.74, 6) is 0.391. The van der Waals surface area contributed by atoms with E-state index < -0.39 is 0 Å². The second-order valence-corrected chi connectivity index (χ2v) is 6.76. The van der Waals surface area contributed by atoms with Gasteiger partial charge in [0.15, 0.2) is 5.69 Å². The predicted octanol–water partition coefficient (Wildman–Crippen LogP) is 2.98. The molecule has 2 aromatic heterocycles. The van der Waals surface area contributed by atoms with E-state index in [1.54, 1.807) is 22.5 Å². The van der Waals surface area contributed by atoms with Gasteiger partial charge in [-0.2, -0.15) is 0 Å². The van der Waals surface area contributed by atoms with Gasteiger partial charge in [-0.05, 0) is 30.9 Å². The number of hydrogen-bond donors (Lipinski definition) is 1. The van der Waals surface area contributed by atoms with Crippen LogP contribution in [0.2, 0.25) is 0 Å². The van der Waals surface area contributed by atoms with Gasteiger partial charge in [-0.25, -0.2) is 4.98 Å². The molecule has 6 nitrogen and oxygen atoms in total. The topological polar surface area (TPSA) is 66.7 Å². The van der Waals surface area contributed by atoms with Crippen molar-refractivity contribution in [2.45, 2.75) is 40.0 Å². The zero-order chi connectivity index (χ0) is 18.4. The fourth-order valence-corrected chi connectivity index (χ4v) is 2.58. The molecule has 0 aliphatic rings. The van der Waals surface area contributed by atoms with Crippen LogP contribution < -0.4 is 5.32 Å². The number of aromatic nitrogens is 2. The molecule has 0 bridgehead atoms. The van der Waals surface area contributed by atoms with E-state index in [1.807, 2.05) is 18.2 Å². The number of rotatable bonds is 8. The lowest BCUT2D eigenvalue weighted by Crippen LogP contribution is -2.29. The fraction of sp³-hybridized carbons (Fsp3) is 0.526. The van der Waals surface area contributed by atoms with E-state index >= 15 is 0 Å². The Kier molecular flexibility index (Phi) is 6.56. The van der Waals surface area contributed by atoms with Crippen molar-refractivity contribution in [2.75, 3.05) is 20.1 Å². The van der Waals surface area contributed by atoms with Gasteiger partial charge in [0.2, 0.25) is 5.82 Å². The van der Waals surface area contributed by atoms with Crippen molar-refractivity contribution in [1.82, 2.24) is 19.6 Å². The highest BCUT2D eigenvalue weighted by atomic mass is 16.2. The van der Waals surface area contributed by atoms with Crippen molar-refractivity contribution in [3.05, 3.63) is 35.9 Å². The molecule has 2 amide bonds. The lowest BCUT2D eigenvalue weighted by molar-refractivity contribution is 0.0780. The molecule has 0 aliphatic carbocycles. The number of nitrogens with one attached hydrogen (secondary N) is 1. The molecule has 0 radical (unpaired) electrons. The molecule has 0 aromatic carbocycles. The number of imidazole rings is 1. The van der Waals surface area contributed by atoms with Crippen molar-refractivity contribution in [1.29, 1.82) is 0 Å². The lowest BCUT2D eigenvalue weighted by atomic mass is 10.1. The van der Waals surface area contributed by atoms with Gasteiger partial charge in [0.1, 0.15) is 0 Å². The van der Waals surface area contributed by atoms with Crippen LogP contribution >= 0.6 is 0 Å². The molecule has 0 spiro atoms. The summed E-state index contributed by atoms with van der Waals surface area (Å²) in [4.78, 5) is 31.3. The first-order valence-corrected chi connectivity index (χ1v) is 8.96. The molecule has 25 heavy (non-hydrogen) atoms. The van der Waals surface area contributed by atoms with Crippen molar-refractivity contribution in [3.63, 3.8) is 0 Å². The van der Waals surface area contributed by atoms with Crippen molar-refractivity contribution >= 4 is 17.3 Å². The van der Waals surface area contributed by atoms with E-state index in [4.69, 9.17) is 0 Å². The monoisotopic (exact) mass is 344 g/mol. The lowest BCUT2D eigenvalue weighted by Gasteiger charge is -2.15. The molecular formula is C19H28N4O2. The van der Waals surface area contributed by atoms with Gasteiger partial charge >= 0.3 is 0 Å². The maximum absolute atomic E-state index is 12.7. The summed E-state index contributed by atoms with van der Waals surface area (Å²) in [6.07, 6.45) is 4.63. The average Bonchev–Trinajstić information content (AvgIpc) is 2.98. The molecule has 2 rings (SSSR count). The maximum Gasteiger partial charge on any atom is 0.289 e. The summed E-state index contributed by atoms with van der Waals surface area (Å²) >= 11 is 0. The molecule has 2 heterocycles. The number of carbonyl (C=O) groups is 2. The van der Waals surface area contributed by atoms with Gasteiger partial charge in [0.25, 0.3) is 11.8 Å². The normalized spacial score (nSPS) is 11.1. The third-order valence-electron chi connectivity index (χ3n) is 4.16. The van der Waals surface area contributed by atoms with Crippen molar-refractivity contribution in [3.8, 4) is 0 Å². The van der Waals surface area contributed by atoms with E-state index in [0.29, 0.717) is 30.2 Å². The summed E-state index contributed by atoms with van der Waals surface area (Å²) in [5, 5.41) is 2.90. The van der Waals surface area contributed by atoms with Gasteiger partial charge in [0.05, 0.1) is 5.52 Å². The number of pyridine rings is 1. The summed E-state index contributed by atoms with van der Waals surface area (Å²) in [5.41, 5.74) is 0.952. The van der Waals surface area contributed by atoms with Crippen LogP contribution in [0.15, 0.2) is 24.4 Å². The minimum atomic E-state index is -0.236. The first-order valence-electron chi connectivity index (χ1n) is 8.96. The Labute approximate surface area is 149 Å². The molecule has 0 atom stereocenters. The van der Waals surface area contributed by atoms with Crippen LogP contribution in [-0.2, 0) is 0 Å². The number of nitrogens with zero attached hydrogens (tertiary/aromatic N) is 3. The minimum Gasteiger partial charge on any atom is -0.351 e. The average molecular weight is 344 g/mol. The number of unbranched alkanes of at least 4 members (excludes halogenated alkanes) is 1. The Hall–Kier alpha value is -2.37. The SMILES string of the molecule is CCCCN(C)C(=O)c1nc(C(=O)NCCC(C)C)c2ccccn12. The second-order valence-electron chi connectivity index (χ2n) is 6.76. The minimum absolute atomic E-state index is 0.170. The molecule has 136 valence electrons. The van der Waals surface area contributed by atoms with Gasteiger partial charge in [-0.1, -0.05) is 33.3 Å². The molecule has 6 heteroatoms. The molecule has 1 N–H and O–H groups in total. The molecule has 0 saturated heterocycles. The molecule has 0 fully saturated rings. The van der Waals surface area contributed by atoms with Crippen LogP contribution in [0.1, 0.15) is 61.1 Å². The maximum atomic E-state index is 12.7. The summed E-state index contributed by atoms with van der Waals surface area (Å²) in [6, 6.07) is 5.49. The Morgan fingerprint density at radius 1 is 1.32 bits per heavy atom. The Morgan fingerprint density at radius 3 is 2.76 bits per heavy atom. The van der Waals surface area contributed by atoms with Gasteiger partial charge in [-0.3, -0.25) is 14.0 Å². The first kappa shape index (κ1) is 19.0. The fourth-order valence-electron chi connectivity index (χ4n) is 2.58. The highest BCUT2D eigenvalue weighted by Gasteiger charge is 2.23. The Morgan fingerprint density at radius 2 is 2.08 bits per heavy atom. The van der Waals surface area contributed by atoms with Crippen molar-refractivity contribution in [2.24, 2.45) is 5.92 Å². The van der Waals surface area contributed by atoms with Gasteiger partial charge in [-0.15, -0.1) is 0 Å². The molecule has 0 saturated carbocycles. The van der Waals surface area contributed by atoms with Crippen LogP contribution in [0.4, 0.5) is 0 Å². The quantitative estimate of drug-likeness (QED) is 0.800. The highest BCUT2D eigenvalue weighted by Crippen LogP contribution is 2.15. The zero-order valence-corrected chi connectivity index (χ0v) is 15.6. The predicted molar refractivity (Wildman–Crippen MR) is 98.8 cm³/mol. The third kappa shape index (κ3) is 4.59. The largest absolute Gasteiger partial charge is 0.351 e. The molecule has 2 aromatic rings. The molecular weight excluding hydrogens is 316 g/mol. The van der Waals surface area contributed by atoms with E-state index in [2.05, 4.69) is 31.1 Å². The second kappa shape index (κ2) is 8.65. The third-order valence-corrected chi connectivity index (χ3v) is 4.16. The molecule has 0 unspecified atom stereocenters. The van der Waals surface area contributed by atoms with Gasteiger partial charge < -0.3 is 10.2 Å². The zero-order valence-electron chi connectivity index (χ0n) is 15.6. The van der Waals surface area contributed by atoms with E-state index in [-0.39, 0.29) is 17.6 Å². The van der Waals surface area contributed by atoms with Crippen LogP contribution in [0.3, 0.4) is 0 Å². The van der Waals surface area contributed by atoms with E-state index in [0.717, 1.165) is 19.3 Å². The van der Waals surface area contributed by atoms with E-state index in [9.17, 15) is 9.59 Å². The smallest absolute Gasteiger partial charge is 0.289 e.